The lowest BCUT2D eigenvalue weighted by Gasteiger charge is -2.10. The minimum Gasteiger partial charge on any atom is -0.298 e. The fraction of sp³-hybridized carbons (Fsp3) is 0.500. The second-order valence-corrected chi connectivity index (χ2v) is 3.89. The zero-order valence-corrected chi connectivity index (χ0v) is 10.6. The Hall–Kier alpha value is -1.05. The first-order chi connectivity index (χ1) is 7.69. The minimum absolute atomic E-state index is 0.279. The van der Waals surface area contributed by atoms with Crippen LogP contribution in [-0.4, -0.2) is 14.1 Å². The molecular formula is C14H21BO. The zero-order valence-electron chi connectivity index (χ0n) is 10.6. The second kappa shape index (κ2) is 9.20. The molecule has 0 aliphatic heterocycles. The SMILES string of the molecule is [B]C[C@H](C)C(/C=C\C)=C/C(C=O)=C/CCC. The van der Waals surface area contributed by atoms with Crippen molar-refractivity contribution in [3.63, 3.8) is 0 Å². The highest BCUT2D eigenvalue weighted by molar-refractivity contribution is 6.08. The van der Waals surface area contributed by atoms with E-state index < -0.39 is 0 Å². The molecule has 86 valence electrons. The molecule has 0 aliphatic carbocycles. The molecule has 1 atom stereocenters. The van der Waals surface area contributed by atoms with Gasteiger partial charge in [0.05, 0.1) is 7.85 Å². The summed E-state index contributed by atoms with van der Waals surface area (Å²) < 4.78 is 0. The molecule has 0 saturated heterocycles. The molecule has 0 spiro atoms. The van der Waals surface area contributed by atoms with E-state index in [1.54, 1.807) is 0 Å². The van der Waals surface area contributed by atoms with Crippen molar-refractivity contribution in [2.45, 2.75) is 39.9 Å². The van der Waals surface area contributed by atoms with Gasteiger partial charge in [0.25, 0.3) is 0 Å². The maximum absolute atomic E-state index is 10.9. The van der Waals surface area contributed by atoms with Crippen LogP contribution in [-0.2, 0) is 4.79 Å². The molecule has 0 aliphatic rings. The number of allylic oxidation sites excluding steroid dienone is 6. The molecule has 0 amide bonds. The quantitative estimate of drug-likeness (QED) is 0.275. The van der Waals surface area contributed by atoms with Gasteiger partial charge in [-0.1, -0.05) is 44.8 Å². The molecule has 0 heterocycles. The van der Waals surface area contributed by atoms with E-state index in [4.69, 9.17) is 7.85 Å². The number of rotatable bonds is 7. The van der Waals surface area contributed by atoms with Crippen LogP contribution in [0, 0.1) is 5.92 Å². The highest BCUT2D eigenvalue weighted by Gasteiger charge is 2.03. The van der Waals surface area contributed by atoms with Gasteiger partial charge in [0.1, 0.15) is 6.29 Å². The largest absolute Gasteiger partial charge is 0.298 e. The molecule has 0 saturated carbocycles. The maximum atomic E-state index is 10.9. The van der Waals surface area contributed by atoms with Crippen LogP contribution in [0.3, 0.4) is 0 Å². The zero-order chi connectivity index (χ0) is 12.4. The average molecular weight is 216 g/mol. The summed E-state index contributed by atoms with van der Waals surface area (Å²) >= 11 is 0. The van der Waals surface area contributed by atoms with Gasteiger partial charge in [0.2, 0.25) is 0 Å². The smallest absolute Gasteiger partial charge is 0.149 e. The lowest BCUT2D eigenvalue weighted by atomic mass is 9.86. The molecule has 2 heteroatoms. The summed E-state index contributed by atoms with van der Waals surface area (Å²) in [6, 6.07) is 0. The fourth-order valence-corrected chi connectivity index (χ4v) is 1.33. The number of hydrogen-bond donors (Lipinski definition) is 0. The Morgan fingerprint density at radius 1 is 1.44 bits per heavy atom. The number of hydrogen-bond acceptors (Lipinski definition) is 1. The van der Waals surface area contributed by atoms with Crippen LogP contribution >= 0.6 is 0 Å². The first kappa shape index (κ1) is 15.0. The van der Waals surface area contributed by atoms with Gasteiger partial charge < -0.3 is 0 Å². The average Bonchev–Trinajstić information content (AvgIpc) is 2.32. The van der Waals surface area contributed by atoms with Crippen molar-refractivity contribution in [3.8, 4) is 0 Å². The molecular weight excluding hydrogens is 195 g/mol. The number of carbonyl (C=O) groups is 1. The van der Waals surface area contributed by atoms with E-state index >= 15 is 0 Å². The van der Waals surface area contributed by atoms with Crippen LogP contribution in [0.2, 0.25) is 6.32 Å². The van der Waals surface area contributed by atoms with Gasteiger partial charge in [-0.25, -0.2) is 0 Å². The molecule has 2 radical (unpaired) electrons. The van der Waals surface area contributed by atoms with Crippen LogP contribution in [0.1, 0.15) is 33.6 Å². The van der Waals surface area contributed by atoms with Crippen molar-refractivity contribution in [1.82, 2.24) is 0 Å². The predicted octanol–water partition coefficient (Wildman–Crippen LogP) is 3.64. The Morgan fingerprint density at radius 2 is 2.12 bits per heavy atom. The maximum Gasteiger partial charge on any atom is 0.149 e. The van der Waals surface area contributed by atoms with Gasteiger partial charge in [-0.05, 0) is 30.9 Å². The Kier molecular flexibility index (Phi) is 8.60. The summed E-state index contributed by atoms with van der Waals surface area (Å²) in [5.41, 5.74) is 1.86. The molecule has 1 nitrogen and oxygen atoms in total. The van der Waals surface area contributed by atoms with E-state index in [9.17, 15) is 4.79 Å². The number of carbonyl (C=O) groups excluding carboxylic acids is 1. The first-order valence-corrected chi connectivity index (χ1v) is 5.89. The third kappa shape index (κ3) is 5.74. The molecule has 0 aromatic rings. The van der Waals surface area contributed by atoms with Crippen LogP contribution in [0.5, 0.6) is 0 Å². The van der Waals surface area contributed by atoms with Gasteiger partial charge in [-0.3, -0.25) is 4.79 Å². The van der Waals surface area contributed by atoms with E-state index in [0.717, 1.165) is 30.3 Å². The van der Waals surface area contributed by atoms with Crippen LogP contribution in [0.15, 0.2) is 35.5 Å². The summed E-state index contributed by atoms with van der Waals surface area (Å²) in [5, 5.41) is 0. The Labute approximate surface area is 101 Å². The summed E-state index contributed by atoms with van der Waals surface area (Å²) in [6.45, 7) is 6.12. The third-order valence-electron chi connectivity index (χ3n) is 2.42. The molecule has 0 aromatic heterocycles. The van der Waals surface area contributed by atoms with E-state index in [1.807, 2.05) is 31.2 Å². The van der Waals surface area contributed by atoms with Gasteiger partial charge in [-0.15, -0.1) is 0 Å². The molecule has 0 aromatic carbocycles. The summed E-state index contributed by atoms with van der Waals surface area (Å²) in [4.78, 5) is 10.9. The number of aldehydes is 1. The standard InChI is InChI=1S/C14H21BO/c1-4-6-8-13(11-16)9-14(7-5-2)12(3)10-15/h5,7-9,11-12H,4,6,10H2,1-3H3/b7-5-,13-8-,14-9+/t12-/m0/s1. The summed E-state index contributed by atoms with van der Waals surface area (Å²) in [5.74, 6) is 0.279. The molecule has 0 rings (SSSR count). The highest BCUT2D eigenvalue weighted by atomic mass is 16.1. The van der Waals surface area contributed by atoms with E-state index in [2.05, 4.69) is 13.8 Å². The molecule has 0 N–H and O–H groups in total. The van der Waals surface area contributed by atoms with Gasteiger partial charge in [0, 0.05) is 5.57 Å². The topological polar surface area (TPSA) is 17.1 Å². The fourth-order valence-electron chi connectivity index (χ4n) is 1.33. The Bertz CT molecular complexity index is 287. The summed E-state index contributed by atoms with van der Waals surface area (Å²) in [6.07, 6.45) is 11.4. The second-order valence-electron chi connectivity index (χ2n) is 3.89. The third-order valence-corrected chi connectivity index (χ3v) is 2.42. The van der Waals surface area contributed by atoms with Gasteiger partial charge >= 0.3 is 0 Å². The summed E-state index contributed by atoms with van der Waals surface area (Å²) in [7, 11) is 5.64. The Balaban J connectivity index is 4.93. The molecule has 0 bridgehead atoms. The van der Waals surface area contributed by atoms with Gasteiger partial charge in [0.15, 0.2) is 0 Å². The Morgan fingerprint density at radius 3 is 2.56 bits per heavy atom. The first-order valence-electron chi connectivity index (χ1n) is 5.89. The molecule has 0 unspecified atom stereocenters. The predicted molar refractivity (Wildman–Crippen MR) is 71.7 cm³/mol. The lowest BCUT2D eigenvalue weighted by molar-refractivity contribution is -0.104. The number of unbranched alkanes of at least 4 members (excludes halogenated alkanes) is 1. The van der Waals surface area contributed by atoms with Crippen LogP contribution in [0.25, 0.3) is 0 Å². The van der Waals surface area contributed by atoms with E-state index in [-0.39, 0.29) is 5.92 Å². The van der Waals surface area contributed by atoms with Crippen molar-refractivity contribution >= 4 is 14.1 Å². The van der Waals surface area contributed by atoms with Crippen LogP contribution < -0.4 is 0 Å². The molecule has 0 fully saturated rings. The van der Waals surface area contributed by atoms with Crippen LogP contribution in [0.4, 0.5) is 0 Å². The van der Waals surface area contributed by atoms with E-state index in [1.165, 1.54) is 0 Å². The van der Waals surface area contributed by atoms with Crippen molar-refractivity contribution in [1.29, 1.82) is 0 Å². The van der Waals surface area contributed by atoms with Crippen molar-refractivity contribution in [2.24, 2.45) is 5.92 Å². The minimum atomic E-state index is 0.279. The normalized spacial score (nSPS) is 15.4. The lowest BCUT2D eigenvalue weighted by Crippen LogP contribution is -1.97. The monoisotopic (exact) mass is 216 g/mol. The van der Waals surface area contributed by atoms with Crippen molar-refractivity contribution < 1.29 is 4.79 Å². The van der Waals surface area contributed by atoms with Crippen molar-refractivity contribution in [3.05, 3.63) is 35.5 Å². The highest BCUT2D eigenvalue weighted by Crippen LogP contribution is 2.17. The molecule has 16 heavy (non-hydrogen) atoms. The van der Waals surface area contributed by atoms with E-state index in [0.29, 0.717) is 6.32 Å². The van der Waals surface area contributed by atoms with Gasteiger partial charge in [-0.2, -0.15) is 0 Å². The van der Waals surface area contributed by atoms with Crippen molar-refractivity contribution in [2.75, 3.05) is 0 Å².